The Morgan fingerprint density at radius 2 is 2.00 bits per heavy atom. The molecule has 1 aliphatic rings. The second-order valence-electron chi connectivity index (χ2n) is 6.35. The lowest BCUT2D eigenvalue weighted by Gasteiger charge is -2.28. The molecule has 0 spiro atoms. The van der Waals surface area contributed by atoms with Crippen molar-refractivity contribution in [1.82, 2.24) is 14.9 Å². The van der Waals surface area contributed by atoms with Crippen LogP contribution in [0.1, 0.15) is 5.56 Å². The molecule has 2 aromatic rings. The fourth-order valence-electron chi connectivity index (χ4n) is 2.91. The van der Waals surface area contributed by atoms with Gasteiger partial charge in [-0.15, -0.1) is 5.10 Å². The molecule has 0 bridgehead atoms. The summed E-state index contributed by atoms with van der Waals surface area (Å²) in [6.45, 7) is 5.42. The SMILES string of the molecule is COc1ccc(S(=O)(=O)NCCNc2cc(N3CCOCC3)cnn2)cc1C. The molecule has 10 heteroatoms. The summed E-state index contributed by atoms with van der Waals surface area (Å²) in [4.78, 5) is 2.39. The Labute approximate surface area is 165 Å². The number of ether oxygens (including phenoxy) is 2. The lowest BCUT2D eigenvalue weighted by Crippen LogP contribution is -2.36. The summed E-state index contributed by atoms with van der Waals surface area (Å²) in [5.74, 6) is 1.25. The van der Waals surface area contributed by atoms with Crippen molar-refractivity contribution in [1.29, 1.82) is 0 Å². The molecule has 0 atom stereocenters. The van der Waals surface area contributed by atoms with Crippen molar-refractivity contribution < 1.29 is 17.9 Å². The van der Waals surface area contributed by atoms with Gasteiger partial charge in [0, 0.05) is 32.2 Å². The molecule has 1 saturated heterocycles. The molecule has 2 N–H and O–H groups in total. The number of hydrogen-bond donors (Lipinski definition) is 2. The van der Waals surface area contributed by atoms with Gasteiger partial charge < -0.3 is 19.7 Å². The van der Waals surface area contributed by atoms with Gasteiger partial charge in [-0.3, -0.25) is 0 Å². The summed E-state index contributed by atoms with van der Waals surface area (Å²) < 4.78 is 38.0. The van der Waals surface area contributed by atoms with Crippen molar-refractivity contribution in [3.8, 4) is 5.75 Å². The molecule has 1 aromatic carbocycles. The van der Waals surface area contributed by atoms with Crippen LogP contribution in [0.5, 0.6) is 5.75 Å². The molecule has 0 radical (unpaired) electrons. The zero-order chi connectivity index (χ0) is 20.0. The zero-order valence-electron chi connectivity index (χ0n) is 16.0. The molecule has 28 heavy (non-hydrogen) atoms. The molecular formula is C18H25N5O4S. The normalized spacial score (nSPS) is 14.7. The van der Waals surface area contributed by atoms with Crippen LogP contribution in [-0.4, -0.2) is 65.1 Å². The molecular weight excluding hydrogens is 382 g/mol. The third-order valence-corrected chi connectivity index (χ3v) is 5.87. The number of nitrogens with zero attached hydrogens (tertiary/aromatic N) is 3. The quantitative estimate of drug-likeness (QED) is 0.625. The van der Waals surface area contributed by atoms with Crippen LogP contribution in [0, 0.1) is 6.92 Å². The van der Waals surface area contributed by atoms with Crippen molar-refractivity contribution in [3.63, 3.8) is 0 Å². The number of aryl methyl sites for hydroxylation is 1. The highest BCUT2D eigenvalue weighted by molar-refractivity contribution is 7.89. The third kappa shape index (κ3) is 5.09. The highest BCUT2D eigenvalue weighted by atomic mass is 32.2. The fourth-order valence-corrected chi connectivity index (χ4v) is 4.03. The Kier molecular flexibility index (Phi) is 6.65. The average Bonchev–Trinajstić information content (AvgIpc) is 2.72. The number of hydrogen-bond acceptors (Lipinski definition) is 8. The maximum absolute atomic E-state index is 12.4. The highest BCUT2D eigenvalue weighted by Crippen LogP contribution is 2.21. The van der Waals surface area contributed by atoms with Crippen LogP contribution < -0.4 is 19.7 Å². The van der Waals surface area contributed by atoms with Crippen LogP contribution in [0.15, 0.2) is 35.4 Å². The van der Waals surface area contributed by atoms with Gasteiger partial charge in [0.15, 0.2) is 5.82 Å². The van der Waals surface area contributed by atoms with E-state index in [2.05, 4.69) is 25.1 Å². The topological polar surface area (TPSA) is 106 Å². The van der Waals surface area contributed by atoms with E-state index < -0.39 is 10.0 Å². The molecule has 0 aliphatic carbocycles. The molecule has 3 rings (SSSR count). The molecule has 9 nitrogen and oxygen atoms in total. The molecule has 0 saturated carbocycles. The average molecular weight is 407 g/mol. The Balaban J connectivity index is 1.53. The summed E-state index contributed by atoms with van der Waals surface area (Å²) in [6, 6.07) is 6.67. The first kappa shape index (κ1) is 20.3. The first-order chi connectivity index (χ1) is 13.5. The lowest BCUT2D eigenvalue weighted by atomic mass is 10.2. The van der Waals surface area contributed by atoms with Crippen LogP contribution in [0.4, 0.5) is 11.5 Å². The molecule has 2 heterocycles. The monoisotopic (exact) mass is 407 g/mol. The van der Waals surface area contributed by atoms with Gasteiger partial charge in [-0.1, -0.05) is 0 Å². The van der Waals surface area contributed by atoms with E-state index >= 15 is 0 Å². The molecule has 1 aromatic heterocycles. The minimum Gasteiger partial charge on any atom is -0.496 e. The predicted octanol–water partition coefficient (Wildman–Crippen LogP) is 1.02. The number of aromatic nitrogens is 2. The van der Waals surface area contributed by atoms with E-state index in [1.54, 1.807) is 32.4 Å². The van der Waals surface area contributed by atoms with Gasteiger partial charge in [-0.05, 0) is 30.7 Å². The van der Waals surface area contributed by atoms with Gasteiger partial charge in [0.2, 0.25) is 10.0 Å². The molecule has 152 valence electrons. The van der Waals surface area contributed by atoms with E-state index in [1.807, 2.05) is 6.07 Å². The Morgan fingerprint density at radius 1 is 1.21 bits per heavy atom. The number of sulfonamides is 1. The summed E-state index contributed by atoms with van der Waals surface area (Å²) >= 11 is 0. The molecule has 0 unspecified atom stereocenters. The van der Waals surface area contributed by atoms with E-state index in [0.29, 0.717) is 31.3 Å². The van der Waals surface area contributed by atoms with Crippen molar-refractivity contribution in [2.45, 2.75) is 11.8 Å². The van der Waals surface area contributed by atoms with Gasteiger partial charge in [-0.25, -0.2) is 13.1 Å². The second-order valence-corrected chi connectivity index (χ2v) is 8.12. The van der Waals surface area contributed by atoms with Gasteiger partial charge in [-0.2, -0.15) is 5.10 Å². The standard InChI is InChI=1S/C18H25N5O4S/c1-14-11-16(3-4-17(14)26-2)28(24,25)21-6-5-19-18-12-15(13-20-22-18)23-7-9-27-10-8-23/h3-4,11-13,21H,5-10H2,1-2H3,(H,19,22). The molecule has 1 aliphatic heterocycles. The number of methoxy groups -OCH3 is 1. The Morgan fingerprint density at radius 3 is 2.71 bits per heavy atom. The van der Waals surface area contributed by atoms with Crippen molar-refractivity contribution in [3.05, 3.63) is 36.0 Å². The first-order valence-corrected chi connectivity index (χ1v) is 10.5. The van der Waals surface area contributed by atoms with Crippen LogP contribution >= 0.6 is 0 Å². The van der Waals surface area contributed by atoms with E-state index in [9.17, 15) is 8.42 Å². The van der Waals surface area contributed by atoms with Crippen molar-refractivity contribution in [2.75, 3.05) is 56.7 Å². The summed E-state index contributed by atoms with van der Waals surface area (Å²) in [5, 5.41) is 11.2. The first-order valence-electron chi connectivity index (χ1n) is 9.03. The summed E-state index contributed by atoms with van der Waals surface area (Å²) in [6.07, 6.45) is 1.71. The van der Waals surface area contributed by atoms with E-state index in [-0.39, 0.29) is 11.4 Å². The number of rotatable bonds is 8. The lowest BCUT2D eigenvalue weighted by molar-refractivity contribution is 0.122. The second kappa shape index (κ2) is 9.18. The summed E-state index contributed by atoms with van der Waals surface area (Å²) in [7, 11) is -2.04. The van der Waals surface area contributed by atoms with Crippen molar-refractivity contribution >= 4 is 21.5 Å². The van der Waals surface area contributed by atoms with Crippen LogP contribution in [0.2, 0.25) is 0 Å². The van der Waals surface area contributed by atoms with E-state index in [0.717, 1.165) is 24.3 Å². The van der Waals surface area contributed by atoms with Gasteiger partial charge in [0.1, 0.15) is 5.75 Å². The van der Waals surface area contributed by atoms with Crippen LogP contribution in [0.25, 0.3) is 0 Å². The van der Waals surface area contributed by atoms with Crippen LogP contribution in [0.3, 0.4) is 0 Å². The minimum absolute atomic E-state index is 0.208. The summed E-state index contributed by atoms with van der Waals surface area (Å²) in [5.41, 5.74) is 1.73. The highest BCUT2D eigenvalue weighted by Gasteiger charge is 2.15. The van der Waals surface area contributed by atoms with Gasteiger partial charge in [0.25, 0.3) is 0 Å². The van der Waals surface area contributed by atoms with E-state index in [1.165, 1.54) is 6.07 Å². The smallest absolute Gasteiger partial charge is 0.240 e. The number of nitrogens with one attached hydrogen (secondary N) is 2. The predicted molar refractivity (Wildman–Crippen MR) is 106 cm³/mol. The van der Waals surface area contributed by atoms with Gasteiger partial charge >= 0.3 is 0 Å². The number of morpholine rings is 1. The maximum atomic E-state index is 12.4. The minimum atomic E-state index is -3.59. The van der Waals surface area contributed by atoms with Crippen molar-refractivity contribution in [2.24, 2.45) is 0 Å². The van der Waals surface area contributed by atoms with Gasteiger partial charge in [0.05, 0.1) is 37.1 Å². The largest absolute Gasteiger partial charge is 0.496 e. The molecule has 0 amide bonds. The Hall–Kier alpha value is -2.43. The number of benzene rings is 1. The van der Waals surface area contributed by atoms with Crippen LogP contribution in [-0.2, 0) is 14.8 Å². The third-order valence-electron chi connectivity index (χ3n) is 4.42. The molecule has 1 fully saturated rings. The maximum Gasteiger partial charge on any atom is 0.240 e. The zero-order valence-corrected chi connectivity index (χ0v) is 16.8. The van der Waals surface area contributed by atoms with E-state index in [4.69, 9.17) is 9.47 Å². The number of anilines is 2. The fraction of sp³-hybridized carbons (Fsp3) is 0.444. The Bertz CT molecular complexity index is 901.